The van der Waals surface area contributed by atoms with Gasteiger partial charge in [-0.05, 0) is 36.2 Å². The van der Waals surface area contributed by atoms with Crippen LogP contribution in [0.3, 0.4) is 0 Å². The van der Waals surface area contributed by atoms with Gasteiger partial charge < -0.3 is 14.8 Å². The Kier molecular flexibility index (Phi) is 4.21. The number of para-hydroxylation sites is 1. The predicted molar refractivity (Wildman–Crippen MR) is 95.2 cm³/mol. The molecule has 1 aliphatic heterocycles. The van der Waals surface area contributed by atoms with Gasteiger partial charge in [-0.3, -0.25) is 4.79 Å². The Hall–Kier alpha value is -3.08. The minimum Gasteiger partial charge on any atom is -0.486 e. The summed E-state index contributed by atoms with van der Waals surface area (Å²) in [5.41, 5.74) is 2.35. The van der Waals surface area contributed by atoms with Crippen LogP contribution in [0.2, 0.25) is 0 Å². The lowest BCUT2D eigenvalue weighted by Gasteiger charge is -2.18. The van der Waals surface area contributed by atoms with Crippen molar-refractivity contribution in [3.8, 4) is 11.5 Å². The lowest BCUT2D eigenvalue weighted by atomic mass is 10.1. The van der Waals surface area contributed by atoms with Gasteiger partial charge in [0, 0.05) is 11.9 Å². The van der Waals surface area contributed by atoms with Gasteiger partial charge in [0.15, 0.2) is 11.5 Å². The Balaban J connectivity index is 1.38. The summed E-state index contributed by atoms with van der Waals surface area (Å²) in [7, 11) is 0. The Morgan fingerprint density at radius 3 is 2.76 bits per heavy atom. The Morgan fingerprint density at radius 2 is 1.84 bits per heavy atom. The number of benzene rings is 2. The molecule has 0 unspecified atom stereocenters. The molecular formula is C20H18N2O3. The van der Waals surface area contributed by atoms with Gasteiger partial charge in [-0.15, -0.1) is 0 Å². The molecule has 0 fully saturated rings. The summed E-state index contributed by atoms with van der Waals surface area (Å²) in [6, 6.07) is 17.3. The molecule has 2 aromatic carbocycles. The van der Waals surface area contributed by atoms with E-state index in [2.05, 4.69) is 10.3 Å². The second kappa shape index (κ2) is 6.81. The number of nitrogens with one attached hydrogen (secondary N) is 1. The molecule has 126 valence electrons. The third kappa shape index (κ3) is 3.40. The van der Waals surface area contributed by atoms with E-state index in [1.807, 2.05) is 48.5 Å². The van der Waals surface area contributed by atoms with Crippen LogP contribution < -0.4 is 14.8 Å². The molecule has 25 heavy (non-hydrogen) atoms. The number of pyridine rings is 1. The van der Waals surface area contributed by atoms with Crippen molar-refractivity contribution >= 4 is 16.8 Å². The van der Waals surface area contributed by atoms with Crippen LogP contribution in [0.15, 0.2) is 54.6 Å². The van der Waals surface area contributed by atoms with Crippen LogP contribution in [0, 0.1) is 0 Å². The molecule has 1 amide bonds. The maximum absolute atomic E-state index is 12.3. The number of ether oxygens (including phenoxy) is 2. The molecular weight excluding hydrogens is 316 g/mol. The van der Waals surface area contributed by atoms with E-state index in [1.165, 1.54) is 0 Å². The van der Waals surface area contributed by atoms with Gasteiger partial charge in [0.2, 0.25) is 0 Å². The van der Waals surface area contributed by atoms with Crippen LogP contribution in [0.1, 0.15) is 16.1 Å². The maximum atomic E-state index is 12.3. The Labute approximate surface area is 145 Å². The number of hydrogen-bond donors (Lipinski definition) is 1. The van der Waals surface area contributed by atoms with Crippen LogP contribution in [0.4, 0.5) is 0 Å². The molecule has 1 aliphatic rings. The van der Waals surface area contributed by atoms with E-state index >= 15 is 0 Å². The lowest BCUT2D eigenvalue weighted by Crippen LogP contribution is -2.26. The van der Waals surface area contributed by atoms with E-state index in [0.717, 1.165) is 34.4 Å². The molecule has 1 aromatic heterocycles. The molecule has 0 saturated heterocycles. The van der Waals surface area contributed by atoms with Crippen molar-refractivity contribution < 1.29 is 14.3 Å². The van der Waals surface area contributed by atoms with Gasteiger partial charge in [-0.25, -0.2) is 4.98 Å². The summed E-state index contributed by atoms with van der Waals surface area (Å²) in [4.78, 5) is 16.7. The van der Waals surface area contributed by atoms with Crippen molar-refractivity contribution in [3.05, 3.63) is 65.9 Å². The summed E-state index contributed by atoms with van der Waals surface area (Å²) in [5, 5.41) is 3.94. The smallest absolute Gasteiger partial charge is 0.269 e. The monoisotopic (exact) mass is 334 g/mol. The standard InChI is InChI=1S/C20H18N2O3/c23-20(17-7-6-15-3-1-2-4-16(15)22-17)21-10-9-14-5-8-18-19(13-14)25-12-11-24-18/h1-8,13H,9-12H2,(H,21,23). The third-order valence-corrected chi connectivity index (χ3v) is 4.14. The van der Waals surface area contributed by atoms with E-state index in [-0.39, 0.29) is 5.91 Å². The summed E-state index contributed by atoms with van der Waals surface area (Å²) in [6.07, 6.45) is 0.718. The molecule has 3 aromatic rings. The molecule has 0 atom stereocenters. The van der Waals surface area contributed by atoms with Gasteiger partial charge in [0.25, 0.3) is 5.91 Å². The van der Waals surface area contributed by atoms with E-state index in [0.29, 0.717) is 25.5 Å². The minimum atomic E-state index is -0.164. The van der Waals surface area contributed by atoms with Crippen molar-refractivity contribution in [2.24, 2.45) is 0 Å². The number of carbonyl (C=O) groups excluding carboxylic acids is 1. The van der Waals surface area contributed by atoms with Crippen molar-refractivity contribution in [3.63, 3.8) is 0 Å². The van der Waals surface area contributed by atoms with Gasteiger partial charge in [0.05, 0.1) is 5.52 Å². The molecule has 0 radical (unpaired) electrons. The Bertz CT molecular complexity index is 924. The van der Waals surface area contributed by atoms with Crippen LogP contribution >= 0.6 is 0 Å². The topological polar surface area (TPSA) is 60.5 Å². The average Bonchev–Trinajstić information content (AvgIpc) is 2.67. The van der Waals surface area contributed by atoms with E-state index < -0.39 is 0 Å². The van der Waals surface area contributed by atoms with E-state index in [4.69, 9.17) is 9.47 Å². The molecule has 0 bridgehead atoms. The molecule has 2 heterocycles. The molecule has 0 saturated carbocycles. The number of amides is 1. The second-order valence-corrected chi connectivity index (χ2v) is 5.87. The summed E-state index contributed by atoms with van der Waals surface area (Å²) in [5.74, 6) is 1.38. The highest BCUT2D eigenvalue weighted by Crippen LogP contribution is 2.30. The number of rotatable bonds is 4. The van der Waals surface area contributed by atoms with Crippen molar-refractivity contribution in [1.82, 2.24) is 10.3 Å². The van der Waals surface area contributed by atoms with Crippen LogP contribution in [0.5, 0.6) is 11.5 Å². The van der Waals surface area contributed by atoms with Gasteiger partial charge in [0.1, 0.15) is 18.9 Å². The Morgan fingerprint density at radius 1 is 1.00 bits per heavy atom. The molecule has 5 nitrogen and oxygen atoms in total. The first kappa shape index (κ1) is 15.4. The minimum absolute atomic E-state index is 0.164. The van der Waals surface area contributed by atoms with E-state index in [9.17, 15) is 4.79 Å². The maximum Gasteiger partial charge on any atom is 0.269 e. The summed E-state index contributed by atoms with van der Waals surface area (Å²) < 4.78 is 11.1. The first-order chi connectivity index (χ1) is 12.3. The number of carbonyl (C=O) groups is 1. The van der Waals surface area contributed by atoms with Crippen LogP contribution in [-0.2, 0) is 6.42 Å². The van der Waals surface area contributed by atoms with Gasteiger partial charge in [-0.1, -0.05) is 30.3 Å². The quantitative estimate of drug-likeness (QED) is 0.797. The van der Waals surface area contributed by atoms with Gasteiger partial charge >= 0.3 is 0 Å². The molecule has 0 spiro atoms. The zero-order valence-corrected chi connectivity index (χ0v) is 13.7. The van der Waals surface area contributed by atoms with Crippen molar-refractivity contribution in [1.29, 1.82) is 0 Å². The summed E-state index contributed by atoms with van der Waals surface area (Å²) >= 11 is 0. The first-order valence-electron chi connectivity index (χ1n) is 8.32. The normalized spacial score (nSPS) is 12.8. The van der Waals surface area contributed by atoms with E-state index in [1.54, 1.807) is 6.07 Å². The van der Waals surface area contributed by atoms with Crippen LogP contribution in [-0.4, -0.2) is 30.6 Å². The largest absolute Gasteiger partial charge is 0.486 e. The molecule has 4 rings (SSSR count). The number of fused-ring (bicyclic) bond motifs is 2. The zero-order chi connectivity index (χ0) is 17.1. The molecule has 5 heteroatoms. The third-order valence-electron chi connectivity index (χ3n) is 4.14. The highest BCUT2D eigenvalue weighted by Gasteiger charge is 2.12. The molecule has 1 N–H and O–H groups in total. The lowest BCUT2D eigenvalue weighted by molar-refractivity contribution is 0.0949. The number of aromatic nitrogens is 1. The second-order valence-electron chi connectivity index (χ2n) is 5.87. The number of hydrogen-bond acceptors (Lipinski definition) is 4. The predicted octanol–water partition coefficient (Wildman–Crippen LogP) is 2.98. The fourth-order valence-corrected chi connectivity index (χ4v) is 2.85. The highest BCUT2D eigenvalue weighted by molar-refractivity contribution is 5.94. The number of nitrogens with zero attached hydrogens (tertiary/aromatic N) is 1. The van der Waals surface area contributed by atoms with Crippen LogP contribution in [0.25, 0.3) is 10.9 Å². The average molecular weight is 334 g/mol. The fraction of sp³-hybridized carbons (Fsp3) is 0.200. The molecule has 0 aliphatic carbocycles. The highest BCUT2D eigenvalue weighted by atomic mass is 16.6. The fourth-order valence-electron chi connectivity index (χ4n) is 2.85. The van der Waals surface area contributed by atoms with Crippen molar-refractivity contribution in [2.45, 2.75) is 6.42 Å². The summed E-state index contributed by atoms with van der Waals surface area (Å²) in [6.45, 7) is 1.69. The van der Waals surface area contributed by atoms with Crippen molar-refractivity contribution in [2.75, 3.05) is 19.8 Å². The first-order valence-corrected chi connectivity index (χ1v) is 8.32. The zero-order valence-electron chi connectivity index (χ0n) is 13.7. The van der Waals surface area contributed by atoms with Gasteiger partial charge in [-0.2, -0.15) is 0 Å². The SMILES string of the molecule is O=C(NCCc1ccc2c(c1)OCCO2)c1ccc2ccccc2n1.